The molecule has 0 aliphatic heterocycles. The predicted molar refractivity (Wildman–Crippen MR) is 119 cm³/mol. The van der Waals surface area contributed by atoms with Gasteiger partial charge in [0.15, 0.2) is 0 Å². The monoisotopic (exact) mass is 421 g/mol. The van der Waals surface area contributed by atoms with Crippen molar-refractivity contribution >= 4 is 10.0 Å². The van der Waals surface area contributed by atoms with E-state index >= 15 is 0 Å². The first-order valence-corrected chi connectivity index (χ1v) is 13.0. The molecule has 170 valence electrons. The molecule has 28 heavy (non-hydrogen) atoms. The second-order valence-electron chi connectivity index (χ2n) is 8.35. The molecule has 0 radical (unpaired) electrons. The van der Waals surface area contributed by atoms with Crippen LogP contribution >= 0.6 is 0 Å². The number of ether oxygens (including phenoxy) is 1. The van der Waals surface area contributed by atoms with Crippen molar-refractivity contribution in [1.29, 1.82) is 0 Å². The standard InChI is InChI=1S/C22H47NO4S/c1-5-21(6-2,15-9-12-18-24)16-10-13-19-27-20-14-11-17-22(7-3,8-4)28(23,25)26/h24H,5-20H2,1-4H3,(H2,23,25,26). The van der Waals surface area contributed by atoms with Crippen LogP contribution in [0.3, 0.4) is 0 Å². The van der Waals surface area contributed by atoms with Crippen LogP contribution in [0.5, 0.6) is 0 Å². The molecule has 0 amide bonds. The van der Waals surface area contributed by atoms with Gasteiger partial charge in [0.1, 0.15) is 0 Å². The largest absolute Gasteiger partial charge is 0.396 e. The topological polar surface area (TPSA) is 89.6 Å². The van der Waals surface area contributed by atoms with Gasteiger partial charge in [0.25, 0.3) is 0 Å². The maximum absolute atomic E-state index is 11.9. The minimum Gasteiger partial charge on any atom is -0.396 e. The summed E-state index contributed by atoms with van der Waals surface area (Å²) in [6.45, 7) is 10.1. The number of unbranched alkanes of at least 4 members (excludes halogenated alkanes) is 3. The maximum atomic E-state index is 11.9. The summed E-state index contributed by atoms with van der Waals surface area (Å²) in [6, 6.07) is 0. The highest BCUT2D eigenvalue weighted by Gasteiger charge is 2.37. The van der Waals surface area contributed by atoms with E-state index in [0.717, 1.165) is 38.7 Å². The van der Waals surface area contributed by atoms with Gasteiger partial charge < -0.3 is 9.84 Å². The Morgan fingerprint density at radius 1 is 0.750 bits per heavy atom. The molecule has 0 aromatic carbocycles. The highest BCUT2D eigenvalue weighted by Crippen LogP contribution is 2.37. The van der Waals surface area contributed by atoms with Gasteiger partial charge >= 0.3 is 0 Å². The third kappa shape index (κ3) is 9.55. The van der Waals surface area contributed by atoms with Crippen molar-refractivity contribution < 1.29 is 18.3 Å². The van der Waals surface area contributed by atoms with Gasteiger partial charge in [-0.2, -0.15) is 0 Å². The van der Waals surface area contributed by atoms with E-state index in [1.807, 2.05) is 13.8 Å². The van der Waals surface area contributed by atoms with Crippen molar-refractivity contribution in [2.24, 2.45) is 10.6 Å². The zero-order chi connectivity index (χ0) is 21.5. The summed E-state index contributed by atoms with van der Waals surface area (Å²) < 4.78 is 28.8. The molecule has 0 aromatic heterocycles. The minimum absolute atomic E-state index is 0.298. The van der Waals surface area contributed by atoms with E-state index in [-0.39, 0.29) is 0 Å². The smallest absolute Gasteiger partial charge is 0.214 e. The molecule has 0 spiro atoms. The lowest BCUT2D eigenvalue weighted by atomic mass is 9.74. The Bertz CT molecular complexity index is 471. The molecule has 0 atom stereocenters. The molecule has 0 aliphatic carbocycles. The van der Waals surface area contributed by atoms with Crippen LogP contribution < -0.4 is 5.14 Å². The Morgan fingerprint density at radius 3 is 1.61 bits per heavy atom. The molecule has 0 fully saturated rings. The van der Waals surface area contributed by atoms with Crippen molar-refractivity contribution in [3.05, 3.63) is 0 Å². The van der Waals surface area contributed by atoms with Gasteiger partial charge in [-0.25, -0.2) is 13.6 Å². The van der Waals surface area contributed by atoms with Crippen LogP contribution in [0.4, 0.5) is 0 Å². The van der Waals surface area contributed by atoms with Gasteiger partial charge in [0.2, 0.25) is 10.0 Å². The van der Waals surface area contributed by atoms with Crippen molar-refractivity contribution in [3.63, 3.8) is 0 Å². The van der Waals surface area contributed by atoms with E-state index in [1.54, 1.807) is 0 Å². The van der Waals surface area contributed by atoms with Crippen LogP contribution in [0.25, 0.3) is 0 Å². The Balaban J connectivity index is 4.00. The molecule has 0 unspecified atom stereocenters. The summed E-state index contributed by atoms with van der Waals surface area (Å²) >= 11 is 0. The predicted octanol–water partition coefficient (Wildman–Crippen LogP) is 5.16. The second-order valence-corrected chi connectivity index (χ2v) is 10.3. The first-order valence-electron chi connectivity index (χ1n) is 11.5. The summed E-state index contributed by atoms with van der Waals surface area (Å²) in [5, 5.41) is 14.5. The molecule has 0 bridgehead atoms. The molecule has 0 rings (SSSR count). The fraction of sp³-hybridized carbons (Fsp3) is 1.00. The number of primary sulfonamides is 1. The number of aliphatic hydroxyl groups excluding tert-OH is 1. The summed E-state index contributed by atoms with van der Waals surface area (Å²) in [4.78, 5) is 0. The molecule has 0 heterocycles. The third-order valence-electron chi connectivity index (χ3n) is 6.92. The number of hydrogen-bond donors (Lipinski definition) is 2. The van der Waals surface area contributed by atoms with Crippen LogP contribution in [-0.2, 0) is 14.8 Å². The Hall–Kier alpha value is -0.170. The van der Waals surface area contributed by atoms with E-state index in [9.17, 15) is 8.42 Å². The Kier molecular flexibility index (Phi) is 14.7. The third-order valence-corrected chi connectivity index (χ3v) is 8.91. The molecule has 0 saturated carbocycles. The lowest BCUT2D eigenvalue weighted by Crippen LogP contribution is -2.42. The second kappa shape index (κ2) is 14.8. The van der Waals surface area contributed by atoms with Gasteiger partial charge in [-0.15, -0.1) is 0 Å². The van der Waals surface area contributed by atoms with Crippen molar-refractivity contribution in [3.8, 4) is 0 Å². The van der Waals surface area contributed by atoms with E-state index in [4.69, 9.17) is 15.0 Å². The molecule has 5 nitrogen and oxygen atoms in total. The maximum Gasteiger partial charge on any atom is 0.214 e. The zero-order valence-electron chi connectivity index (χ0n) is 19.0. The SMILES string of the molecule is CCC(CC)(CCCCO)CCCCOCCCCC(CC)(CC)S(N)(=O)=O. The van der Waals surface area contributed by atoms with Gasteiger partial charge in [-0.3, -0.25) is 0 Å². The van der Waals surface area contributed by atoms with Crippen LogP contribution in [0, 0.1) is 5.41 Å². The summed E-state index contributed by atoms with van der Waals surface area (Å²) in [7, 11) is -3.51. The van der Waals surface area contributed by atoms with Crippen molar-refractivity contribution in [2.45, 2.75) is 116 Å². The molecule has 0 saturated heterocycles. The summed E-state index contributed by atoms with van der Waals surface area (Å²) in [5.74, 6) is 0. The highest BCUT2D eigenvalue weighted by molar-refractivity contribution is 7.90. The molecule has 6 heteroatoms. The molecule has 0 aromatic rings. The van der Waals surface area contributed by atoms with Gasteiger partial charge in [0, 0.05) is 19.8 Å². The number of sulfonamides is 1. The average Bonchev–Trinajstić information content (AvgIpc) is 2.67. The molecule has 3 N–H and O–H groups in total. The van der Waals surface area contributed by atoms with Crippen molar-refractivity contribution in [1.82, 2.24) is 0 Å². The van der Waals surface area contributed by atoms with E-state index < -0.39 is 14.8 Å². The zero-order valence-corrected chi connectivity index (χ0v) is 19.8. The highest BCUT2D eigenvalue weighted by atomic mass is 32.2. The van der Waals surface area contributed by atoms with Crippen LogP contribution in [0.1, 0.15) is 111 Å². The van der Waals surface area contributed by atoms with Crippen LogP contribution in [0.15, 0.2) is 0 Å². The first kappa shape index (κ1) is 27.8. The van der Waals surface area contributed by atoms with Gasteiger partial charge in [-0.1, -0.05) is 53.4 Å². The fourth-order valence-corrected chi connectivity index (χ4v) is 5.53. The van der Waals surface area contributed by atoms with E-state index in [0.29, 0.717) is 37.9 Å². The van der Waals surface area contributed by atoms with Crippen molar-refractivity contribution in [2.75, 3.05) is 19.8 Å². The van der Waals surface area contributed by atoms with E-state index in [1.165, 1.54) is 32.1 Å². The fourth-order valence-electron chi connectivity index (χ4n) is 4.30. The van der Waals surface area contributed by atoms with Gasteiger partial charge in [0.05, 0.1) is 4.75 Å². The van der Waals surface area contributed by atoms with Gasteiger partial charge in [-0.05, 0) is 63.2 Å². The number of aliphatic hydroxyl groups is 1. The summed E-state index contributed by atoms with van der Waals surface area (Å²) in [5.41, 5.74) is 0.423. The van der Waals surface area contributed by atoms with Crippen LogP contribution in [0.2, 0.25) is 0 Å². The average molecular weight is 422 g/mol. The molecular weight excluding hydrogens is 374 g/mol. The summed E-state index contributed by atoms with van der Waals surface area (Å²) in [6.07, 6.45) is 12.6. The minimum atomic E-state index is -3.51. The first-order chi connectivity index (χ1) is 13.3. The number of rotatable bonds is 19. The number of nitrogens with two attached hydrogens (primary N) is 1. The lowest BCUT2D eigenvalue weighted by Gasteiger charge is -2.32. The van der Waals surface area contributed by atoms with Crippen LogP contribution in [-0.4, -0.2) is 38.1 Å². The Labute approximate surface area is 174 Å². The normalized spacial score (nSPS) is 13.2. The Morgan fingerprint density at radius 2 is 1.21 bits per heavy atom. The molecule has 0 aliphatic rings. The lowest BCUT2D eigenvalue weighted by molar-refractivity contribution is 0.118. The quantitative estimate of drug-likeness (QED) is 0.282. The number of hydrogen-bond acceptors (Lipinski definition) is 4. The molecular formula is C22H47NO4S. The van der Waals surface area contributed by atoms with E-state index in [2.05, 4.69) is 13.8 Å².